The van der Waals surface area contributed by atoms with E-state index in [9.17, 15) is 4.79 Å². The van der Waals surface area contributed by atoms with Gasteiger partial charge in [-0.15, -0.1) is 0 Å². The Balaban J connectivity index is 1.40. The summed E-state index contributed by atoms with van der Waals surface area (Å²) in [6.07, 6.45) is 1.37. The Kier molecular flexibility index (Phi) is 3.89. The summed E-state index contributed by atoms with van der Waals surface area (Å²) in [5.74, 6) is 1.43. The Morgan fingerprint density at radius 2 is 2.00 bits per heavy atom. The molecule has 2 heterocycles. The minimum Gasteiger partial charge on any atom is -0.486 e. The Morgan fingerprint density at radius 1 is 1.24 bits per heavy atom. The molecule has 1 N–H and O–H groups in total. The number of hydrogen-bond acceptors (Lipinski definition) is 4. The van der Waals surface area contributed by atoms with E-state index in [0.717, 1.165) is 16.8 Å². The molecule has 0 aliphatic carbocycles. The number of aromatic nitrogens is 2. The molecule has 0 fully saturated rings. The molecule has 128 valence electrons. The molecular weight excluding hydrogens is 320 g/mol. The quantitative estimate of drug-likeness (QED) is 0.796. The highest BCUT2D eigenvalue weighted by Crippen LogP contribution is 2.30. The number of fused-ring (bicyclic) bond motifs is 2. The number of rotatable bonds is 3. The molecule has 3 aromatic rings. The predicted octanol–water partition coefficient (Wildman–Crippen LogP) is 2.47. The van der Waals surface area contributed by atoms with Crippen LogP contribution < -0.4 is 14.9 Å². The van der Waals surface area contributed by atoms with Crippen molar-refractivity contribution in [2.45, 2.75) is 6.10 Å². The summed E-state index contributed by atoms with van der Waals surface area (Å²) in [5, 5.41) is 0. The summed E-state index contributed by atoms with van der Waals surface area (Å²) in [6.45, 7) is 0.815. The van der Waals surface area contributed by atoms with E-state index in [-0.39, 0.29) is 12.1 Å². The van der Waals surface area contributed by atoms with Crippen molar-refractivity contribution in [3.8, 4) is 11.5 Å². The smallest absolute Gasteiger partial charge is 0.336 e. The molecule has 2 amide bonds. The number of carbonyl (C=O) groups is 1. The van der Waals surface area contributed by atoms with E-state index in [2.05, 4.69) is 10.4 Å². The number of amides is 2. The molecule has 7 heteroatoms. The van der Waals surface area contributed by atoms with Crippen molar-refractivity contribution >= 4 is 17.1 Å². The molecule has 0 radical (unpaired) electrons. The van der Waals surface area contributed by atoms with Crippen molar-refractivity contribution in [1.82, 2.24) is 14.6 Å². The van der Waals surface area contributed by atoms with Crippen LogP contribution in [0.15, 0.2) is 54.9 Å². The molecule has 0 bridgehead atoms. The highest BCUT2D eigenvalue weighted by Gasteiger charge is 2.23. The number of nitrogens with zero attached hydrogens (tertiary/aromatic N) is 3. The average Bonchev–Trinajstić information content (AvgIpc) is 3.04. The minimum atomic E-state index is -0.245. The maximum Gasteiger partial charge on any atom is 0.336 e. The van der Waals surface area contributed by atoms with E-state index in [1.54, 1.807) is 23.0 Å². The highest BCUT2D eigenvalue weighted by molar-refractivity contribution is 5.85. The van der Waals surface area contributed by atoms with Crippen molar-refractivity contribution < 1.29 is 14.3 Å². The fourth-order valence-electron chi connectivity index (χ4n) is 2.78. The predicted molar refractivity (Wildman–Crippen MR) is 93.5 cm³/mol. The molecule has 0 saturated heterocycles. The van der Waals surface area contributed by atoms with Crippen molar-refractivity contribution in [1.29, 1.82) is 0 Å². The molecule has 1 aromatic heterocycles. The Labute approximate surface area is 144 Å². The number of hydrogen-bond donors (Lipinski definition) is 1. The van der Waals surface area contributed by atoms with E-state index in [0.29, 0.717) is 18.9 Å². The van der Waals surface area contributed by atoms with Gasteiger partial charge in [-0.05, 0) is 24.3 Å². The van der Waals surface area contributed by atoms with Gasteiger partial charge in [-0.3, -0.25) is 0 Å². The molecule has 4 rings (SSSR count). The topological polar surface area (TPSA) is 68.6 Å². The van der Waals surface area contributed by atoms with Crippen LogP contribution in [0.4, 0.5) is 4.79 Å². The first-order chi connectivity index (χ1) is 12.2. The average molecular weight is 338 g/mol. The summed E-state index contributed by atoms with van der Waals surface area (Å²) < 4.78 is 13.2. The number of imidazole rings is 1. The van der Waals surface area contributed by atoms with Gasteiger partial charge in [0.25, 0.3) is 0 Å². The normalized spacial score (nSPS) is 15.8. The van der Waals surface area contributed by atoms with Crippen LogP contribution in [0.3, 0.4) is 0 Å². The first kappa shape index (κ1) is 15.3. The van der Waals surface area contributed by atoms with Gasteiger partial charge in [0.2, 0.25) is 0 Å². The Morgan fingerprint density at radius 3 is 2.88 bits per heavy atom. The first-order valence-corrected chi connectivity index (χ1v) is 8.03. The summed E-state index contributed by atoms with van der Waals surface area (Å²) >= 11 is 0. The Hall–Kier alpha value is -3.22. The van der Waals surface area contributed by atoms with Crippen LogP contribution in [0.2, 0.25) is 0 Å². The summed E-state index contributed by atoms with van der Waals surface area (Å²) in [6, 6.07) is 14.9. The van der Waals surface area contributed by atoms with Gasteiger partial charge in [-0.25, -0.2) is 19.9 Å². The fraction of sp³-hybridized carbons (Fsp3) is 0.222. The molecule has 2 aromatic carbocycles. The maximum atomic E-state index is 12.4. The standard InChI is InChI=1S/C18H18N4O3/c1-21(10-13-11-24-16-8-4-5-9-17(16)25-13)18(23)20-22-12-19-14-6-2-3-7-15(14)22/h2-9,12-13H,10-11H2,1H3,(H,20,23). The lowest BCUT2D eigenvalue weighted by molar-refractivity contribution is 0.0728. The van der Waals surface area contributed by atoms with Crippen LogP contribution in [0.5, 0.6) is 11.5 Å². The maximum absolute atomic E-state index is 12.4. The molecular formula is C18H18N4O3. The molecule has 0 spiro atoms. The van der Waals surface area contributed by atoms with Crippen molar-refractivity contribution in [2.24, 2.45) is 0 Å². The van der Waals surface area contributed by atoms with E-state index in [1.165, 1.54) is 0 Å². The highest BCUT2D eigenvalue weighted by atomic mass is 16.6. The number of para-hydroxylation sites is 4. The Bertz CT molecular complexity index is 908. The summed E-state index contributed by atoms with van der Waals surface area (Å²) in [5.41, 5.74) is 4.49. The van der Waals surface area contributed by atoms with Crippen molar-refractivity contribution in [2.75, 3.05) is 25.6 Å². The molecule has 1 aliphatic heterocycles. The van der Waals surface area contributed by atoms with Gasteiger partial charge in [-0.1, -0.05) is 24.3 Å². The fourth-order valence-corrected chi connectivity index (χ4v) is 2.78. The first-order valence-electron chi connectivity index (χ1n) is 8.03. The van der Waals surface area contributed by atoms with E-state index in [1.807, 2.05) is 48.5 Å². The van der Waals surface area contributed by atoms with Gasteiger partial charge in [0.05, 0.1) is 17.6 Å². The lowest BCUT2D eigenvalue weighted by Crippen LogP contribution is -2.44. The largest absolute Gasteiger partial charge is 0.486 e. The lowest BCUT2D eigenvalue weighted by atomic mass is 10.2. The number of carbonyl (C=O) groups excluding carboxylic acids is 1. The third-order valence-electron chi connectivity index (χ3n) is 4.06. The van der Waals surface area contributed by atoms with Crippen molar-refractivity contribution in [3.05, 3.63) is 54.9 Å². The SMILES string of the molecule is CN(CC1COc2ccccc2O1)C(=O)Nn1cnc2ccccc21. The van der Waals surface area contributed by atoms with Crippen LogP contribution in [0.1, 0.15) is 0 Å². The van der Waals surface area contributed by atoms with Gasteiger partial charge in [-0.2, -0.15) is 0 Å². The zero-order valence-corrected chi connectivity index (χ0v) is 13.8. The van der Waals surface area contributed by atoms with Crippen molar-refractivity contribution in [3.63, 3.8) is 0 Å². The van der Waals surface area contributed by atoms with E-state index >= 15 is 0 Å². The molecule has 7 nitrogen and oxygen atoms in total. The second kappa shape index (κ2) is 6.35. The number of urea groups is 1. The van der Waals surface area contributed by atoms with Crippen LogP contribution in [0.25, 0.3) is 11.0 Å². The number of nitrogens with one attached hydrogen (secondary N) is 1. The van der Waals surface area contributed by atoms with Gasteiger partial charge in [0, 0.05) is 7.05 Å². The van der Waals surface area contributed by atoms with E-state index in [4.69, 9.17) is 9.47 Å². The zero-order chi connectivity index (χ0) is 17.2. The van der Waals surface area contributed by atoms with Crippen LogP contribution >= 0.6 is 0 Å². The van der Waals surface area contributed by atoms with Gasteiger partial charge >= 0.3 is 6.03 Å². The van der Waals surface area contributed by atoms with Gasteiger partial charge < -0.3 is 14.4 Å². The monoisotopic (exact) mass is 338 g/mol. The molecule has 1 atom stereocenters. The third-order valence-corrected chi connectivity index (χ3v) is 4.06. The summed E-state index contributed by atoms with van der Waals surface area (Å²) in [7, 11) is 1.72. The third kappa shape index (κ3) is 3.08. The van der Waals surface area contributed by atoms with E-state index < -0.39 is 0 Å². The molecule has 25 heavy (non-hydrogen) atoms. The molecule has 0 saturated carbocycles. The summed E-state index contributed by atoms with van der Waals surface area (Å²) in [4.78, 5) is 18.3. The number of ether oxygens (including phenoxy) is 2. The van der Waals surface area contributed by atoms with Crippen LogP contribution in [0, 0.1) is 0 Å². The minimum absolute atomic E-state index is 0.217. The second-order valence-corrected chi connectivity index (χ2v) is 5.90. The van der Waals surface area contributed by atoms with Crippen LogP contribution in [-0.2, 0) is 0 Å². The number of benzene rings is 2. The lowest BCUT2D eigenvalue weighted by Gasteiger charge is -2.29. The van der Waals surface area contributed by atoms with Gasteiger partial charge in [0.1, 0.15) is 12.9 Å². The number of likely N-dealkylation sites (N-methyl/N-ethyl adjacent to an activating group) is 1. The van der Waals surface area contributed by atoms with Gasteiger partial charge in [0.15, 0.2) is 17.6 Å². The second-order valence-electron chi connectivity index (χ2n) is 5.90. The molecule has 1 aliphatic rings. The van der Waals surface area contributed by atoms with Crippen LogP contribution in [-0.4, -0.2) is 46.9 Å². The zero-order valence-electron chi connectivity index (χ0n) is 13.8. The molecule has 1 unspecified atom stereocenters.